The highest BCUT2D eigenvalue weighted by Gasteiger charge is 2.31. The number of pyridine rings is 1. The van der Waals surface area contributed by atoms with Crippen LogP contribution in [0.15, 0.2) is 66.9 Å². The summed E-state index contributed by atoms with van der Waals surface area (Å²) in [7, 11) is 3.66. The molecule has 1 fully saturated rings. The Morgan fingerprint density at radius 3 is 2.38 bits per heavy atom. The number of hydrogen-bond acceptors (Lipinski definition) is 6. The molecule has 0 bridgehead atoms. The number of alkyl halides is 3. The van der Waals surface area contributed by atoms with Crippen LogP contribution in [0.1, 0.15) is 21.5 Å². The molecule has 1 aliphatic heterocycles. The molecule has 1 N–H and O–H groups in total. The van der Waals surface area contributed by atoms with Crippen LogP contribution in [0.5, 0.6) is 11.6 Å². The van der Waals surface area contributed by atoms with E-state index in [-0.39, 0.29) is 34.7 Å². The number of likely N-dealkylation sites (N-methyl/N-ethyl adjacent to an activating group) is 1. The highest BCUT2D eigenvalue weighted by atomic mass is 35.5. The summed E-state index contributed by atoms with van der Waals surface area (Å²) in [6, 6.07) is 15.6. The Morgan fingerprint density at radius 1 is 1.02 bits per heavy atom. The van der Waals surface area contributed by atoms with E-state index in [4.69, 9.17) is 21.1 Å². The Bertz CT molecular complexity index is 1270. The van der Waals surface area contributed by atoms with Crippen LogP contribution >= 0.6 is 11.6 Å². The van der Waals surface area contributed by atoms with Gasteiger partial charge in [0.1, 0.15) is 11.3 Å². The van der Waals surface area contributed by atoms with E-state index in [9.17, 15) is 22.8 Å². The number of hydrogen-bond donors (Lipinski definition) is 1. The van der Waals surface area contributed by atoms with Crippen molar-refractivity contribution >= 4 is 23.4 Å². The molecule has 40 heavy (non-hydrogen) atoms. The van der Waals surface area contributed by atoms with Gasteiger partial charge in [-0.1, -0.05) is 41.9 Å². The second-order valence-corrected chi connectivity index (χ2v) is 9.29. The first kappa shape index (κ1) is 30.9. The molecule has 0 aliphatic carbocycles. The van der Waals surface area contributed by atoms with Gasteiger partial charge in [-0.3, -0.25) is 9.59 Å². The predicted octanol–water partition coefficient (Wildman–Crippen LogP) is 4.88. The number of methoxy groups -OCH3 is 1. The fraction of sp³-hybridized carbons (Fsp3) is 0.321. The number of piperazine rings is 1. The first-order chi connectivity index (χ1) is 19.1. The number of halogens is 4. The third-order valence-electron chi connectivity index (χ3n) is 5.89. The predicted molar refractivity (Wildman–Crippen MR) is 144 cm³/mol. The van der Waals surface area contributed by atoms with Crippen molar-refractivity contribution in [1.29, 1.82) is 0 Å². The van der Waals surface area contributed by atoms with E-state index in [1.165, 1.54) is 23.9 Å². The van der Waals surface area contributed by atoms with E-state index in [0.717, 1.165) is 31.3 Å². The van der Waals surface area contributed by atoms with Crippen molar-refractivity contribution < 1.29 is 32.2 Å². The van der Waals surface area contributed by atoms with Gasteiger partial charge in [0.05, 0.1) is 23.7 Å². The Morgan fingerprint density at radius 2 is 1.73 bits per heavy atom. The van der Waals surface area contributed by atoms with Gasteiger partial charge in [0.2, 0.25) is 11.8 Å². The summed E-state index contributed by atoms with van der Waals surface area (Å²) >= 11 is 5.95. The molecule has 0 atom stereocenters. The summed E-state index contributed by atoms with van der Waals surface area (Å²) in [5.41, 5.74) is 0.230. The van der Waals surface area contributed by atoms with Crippen LogP contribution in [0.2, 0.25) is 5.02 Å². The van der Waals surface area contributed by atoms with Gasteiger partial charge in [0.15, 0.2) is 0 Å². The zero-order chi connectivity index (χ0) is 29.1. The van der Waals surface area contributed by atoms with Crippen LogP contribution in [0.4, 0.5) is 13.2 Å². The maximum Gasteiger partial charge on any atom is 0.416 e. The summed E-state index contributed by atoms with van der Waals surface area (Å²) in [4.78, 5) is 32.6. The molecular formula is C28H30ClF3N4O4. The molecule has 4 rings (SSSR count). The van der Waals surface area contributed by atoms with Crippen LogP contribution in [-0.4, -0.2) is 73.5 Å². The molecule has 214 valence electrons. The molecular weight excluding hydrogens is 549 g/mol. The maximum atomic E-state index is 13.0. The van der Waals surface area contributed by atoms with Gasteiger partial charge in [-0.25, -0.2) is 4.98 Å². The first-order valence-corrected chi connectivity index (χ1v) is 12.7. The maximum absolute atomic E-state index is 13.0. The second-order valence-electron chi connectivity index (χ2n) is 8.89. The van der Waals surface area contributed by atoms with E-state index in [0.29, 0.717) is 19.7 Å². The summed E-state index contributed by atoms with van der Waals surface area (Å²) in [5.74, 6) is -1.39. The van der Waals surface area contributed by atoms with Crippen LogP contribution in [0, 0.1) is 0 Å². The van der Waals surface area contributed by atoms with Gasteiger partial charge in [0, 0.05) is 39.5 Å². The molecule has 0 unspecified atom stereocenters. The van der Waals surface area contributed by atoms with E-state index in [1.807, 2.05) is 37.4 Å². The van der Waals surface area contributed by atoms with Crippen molar-refractivity contribution in [3.8, 4) is 11.6 Å². The number of aromatic nitrogens is 1. The minimum Gasteiger partial charge on any atom is -0.437 e. The number of amides is 2. The summed E-state index contributed by atoms with van der Waals surface area (Å²) in [6.07, 6.45) is -3.26. The average Bonchev–Trinajstić information content (AvgIpc) is 2.94. The lowest BCUT2D eigenvalue weighted by Gasteiger charge is -2.32. The van der Waals surface area contributed by atoms with E-state index >= 15 is 0 Å². The Kier molecular flexibility index (Phi) is 11.3. The molecule has 0 spiro atoms. The Balaban J connectivity index is 0.000000415. The summed E-state index contributed by atoms with van der Waals surface area (Å²) in [6.45, 7) is 3.12. The molecule has 12 heteroatoms. The Labute approximate surface area is 235 Å². The molecule has 0 radical (unpaired) electrons. The van der Waals surface area contributed by atoms with Crippen molar-refractivity contribution in [2.75, 3.05) is 46.9 Å². The van der Waals surface area contributed by atoms with Crippen molar-refractivity contribution in [1.82, 2.24) is 20.1 Å². The number of benzene rings is 2. The lowest BCUT2D eigenvalue weighted by Crippen LogP contribution is -2.50. The zero-order valence-corrected chi connectivity index (χ0v) is 22.8. The van der Waals surface area contributed by atoms with Gasteiger partial charge in [0.25, 0.3) is 5.91 Å². The van der Waals surface area contributed by atoms with E-state index in [1.54, 1.807) is 12.0 Å². The van der Waals surface area contributed by atoms with Gasteiger partial charge in [-0.05, 0) is 42.9 Å². The van der Waals surface area contributed by atoms with Gasteiger partial charge >= 0.3 is 6.18 Å². The SMILES string of the molecule is CN1CCN(C(=O)CNC(=O)c2cccnc2Oc2cc(C(F)(F)F)ccc2Cl)CC1.COCc1ccccc1. The number of nitrogens with zero attached hydrogens (tertiary/aromatic N) is 3. The summed E-state index contributed by atoms with van der Waals surface area (Å²) in [5, 5.41) is 2.43. The van der Waals surface area contributed by atoms with E-state index in [2.05, 4.69) is 15.2 Å². The average molecular weight is 579 g/mol. The van der Waals surface area contributed by atoms with Crippen molar-refractivity contribution in [2.24, 2.45) is 0 Å². The third-order valence-corrected chi connectivity index (χ3v) is 6.20. The first-order valence-electron chi connectivity index (χ1n) is 12.4. The van der Waals surface area contributed by atoms with Gasteiger partial charge in [-0.15, -0.1) is 0 Å². The normalized spacial score (nSPS) is 13.7. The van der Waals surface area contributed by atoms with Crippen molar-refractivity contribution in [3.63, 3.8) is 0 Å². The van der Waals surface area contributed by atoms with Crippen molar-refractivity contribution in [3.05, 3.63) is 88.6 Å². The Hall–Kier alpha value is -3.67. The number of rotatable bonds is 7. The number of nitrogens with one attached hydrogen (secondary N) is 1. The van der Waals surface area contributed by atoms with Crippen LogP contribution < -0.4 is 10.1 Å². The number of ether oxygens (including phenoxy) is 2. The summed E-state index contributed by atoms with van der Waals surface area (Å²) < 4.78 is 49.3. The van der Waals surface area contributed by atoms with E-state index < -0.39 is 17.6 Å². The van der Waals surface area contributed by atoms with Gasteiger partial charge < -0.3 is 24.6 Å². The molecule has 0 saturated carbocycles. The molecule has 2 amide bonds. The number of carbonyl (C=O) groups excluding carboxylic acids is 2. The molecule has 3 aromatic rings. The minimum absolute atomic E-state index is 0.0397. The smallest absolute Gasteiger partial charge is 0.416 e. The zero-order valence-electron chi connectivity index (χ0n) is 22.1. The molecule has 8 nitrogen and oxygen atoms in total. The molecule has 2 heterocycles. The molecule has 1 aromatic heterocycles. The van der Waals surface area contributed by atoms with Crippen LogP contribution in [-0.2, 0) is 22.3 Å². The highest BCUT2D eigenvalue weighted by Crippen LogP contribution is 2.37. The molecule has 1 aliphatic rings. The van der Waals surface area contributed by atoms with Crippen LogP contribution in [0.3, 0.4) is 0 Å². The fourth-order valence-corrected chi connectivity index (χ4v) is 3.82. The van der Waals surface area contributed by atoms with Crippen molar-refractivity contribution in [2.45, 2.75) is 12.8 Å². The standard InChI is InChI=1S/C20H20ClF3N4O3.C8H10O/c1-27-7-9-28(10-8-27)17(29)12-26-18(30)14-3-2-6-25-19(14)31-16-11-13(20(22,23)24)4-5-15(16)21;1-9-7-8-5-3-2-4-6-8/h2-6,11H,7-10,12H2,1H3,(H,26,30);2-6H,7H2,1H3. The quantitative estimate of drug-likeness (QED) is 0.430. The lowest BCUT2D eigenvalue weighted by molar-refractivity contribution is -0.137. The lowest BCUT2D eigenvalue weighted by atomic mass is 10.2. The monoisotopic (exact) mass is 578 g/mol. The topological polar surface area (TPSA) is 84.0 Å². The second kappa shape index (κ2) is 14.6. The molecule has 2 aromatic carbocycles. The minimum atomic E-state index is -4.59. The van der Waals surface area contributed by atoms with Crippen LogP contribution in [0.25, 0.3) is 0 Å². The highest BCUT2D eigenvalue weighted by molar-refractivity contribution is 6.32. The third kappa shape index (κ3) is 9.22. The fourth-order valence-electron chi connectivity index (χ4n) is 3.67. The number of carbonyl (C=O) groups is 2. The molecule has 1 saturated heterocycles. The largest absolute Gasteiger partial charge is 0.437 e. The van der Waals surface area contributed by atoms with Gasteiger partial charge in [-0.2, -0.15) is 13.2 Å².